The highest BCUT2D eigenvalue weighted by molar-refractivity contribution is 5.12. The van der Waals surface area contributed by atoms with Gasteiger partial charge in [-0.3, -0.25) is 0 Å². The van der Waals surface area contributed by atoms with Gasteiger partial charge in [0.25, 0.3) is 0 Å². The number of aliphatic hydroxyl groups is 1. The average Bonchev–Trinajstić information content (AvgIpc) is 2.51. The number of hydrogen-bond acceptors (Lipinski definition) is 2. The average molecular weight is 238 g/mol. The molecule has 2 saturated carbocycles. The predicted octanol–water partition coefficient (Wildman–Crippen LogP) is 3.13. The molecule has 1 aliphatic heterocycles. The molecule has 3 rings (SSSR count). The van der Waals surface area contributed by atoms with Gasteiger partial charge in [-0.1, -0.05) is 6.92 Å². The Labute approximate surface area is 105 Å². The van der Waals surface area contributed by atoms with Crippen LogP contribution in [0.2, 0.25) is 0 Å². The van der Waals surface area contributed by atoms with E-state index in [1.54, 1.807) is 0 Å². The van der Waals surface area contributed by atoms with Crippen molar-refractivity contribution in [2.75, 3.05) is 0 Å². The quantitative estimate of drug-likeness (QED) is 0.702. The molecule has 3 aliphatic rings. The third-order valence-electron chi connectivity index (χ3n) is 5.83. The van der Waals surface area contributed by atoms with Crippen molar-refractivity contribution in [1.29, 1.82) is 0 Å². The van der Waals surface area contributed by atoms with Crippen LogP contribution in [-0.4, -0.2) is 22.4 Å². The molecule has 2 aliphatic carbocycles. The smallest absolute Gasteiger partial charge is 0.0699 e. The minimum absolute atomic E-state index is 0.00308. The second kappa shape index (κ2) is 3.27. The highest BCUT2D eigenvalue weighted by atomic mass is 16.5. The second-order valence-corrected chi connectivity index (χ2v) is 7.72. The SMILES string of the molecule is CC1(C)C[C@H]2CC[C@@]3(C)[C@H](O)CC[C@@](C)(O1)[C@H]23. The van der Waals surface area contributed by atoms with Crippen LogP contribution in [-0.2, 0) is 4.74 Å². The molecule has 0 bridgehead atoms. The summed E-state index contributed by atoms with van der Waals surface area (Å²) in [4.78, 5) is 0. The van der Waals surface area contributed by atoms with Crippen LogP contribution in [0.5, 0.6) is 0 Å². The molecule has 0 spiro atoms. The molecule has 98 valence electrons. The molecule has 0 aromatic heterocycles. The fourth-order valence-electron chi connectivity index (χ4n) is 5.47. The summed E-state index contributed by atoms with van der Waals surface area (Å²) in [5.74, 6) is 1.32. The van der Waals surface area contributed by atoms with Crippen LogP contribution in [0.25, 0.3) is 0 Å². The second-order valence-electron chi connectivity index (χ2n) is 7.72. The lowest BCUT2D eigenvalue weighted by Crippen LogP contribution is -2.61. The van der Waals surface area contributed by atoms with Crippen LogP contribution in [0.4, 0.5) is 0 Å². The summed E-state index contributed by atoms with van der Waals surface area (Å²) in [5.41, 5.74) is 0.120. The van der Waals surface area contributed by atoms with Crippen LogP contribution in [0.15, 0.2) is 0 Å². The monoisotopic (exact) mass is 238 g/mol. The van der Waals surface area contributed by atoms with Crippen molar-refractivity contribution < 1.29 is 9.84 Å². The summed E-state index contributed by atoms with van der Waals surface area (Å²) in [6.45, 7) is 9.05. The molecule has 1 heterocycles. The van der Waals surface area contributed by atoms with Crippen LogP contribution in [0, 0.1) is 17.3 Å². The molecule has 2 nitrogen and oxygen atoms in total. The van der Waals surface area contributed by atoms with E-state index in [0.717, 1.165) is 25.2 Å². The Morgan fingerprint density at radius 2 is 1.76 bits per heavy atom. The molecule has 0 aromatic carbocycles. The van der Waals surface area contributed by atoms with Gasteiger partial charge >= 0.3 is 0 Å². The predicted molar refractivity (Wildman–Crippen MR) is 67.7 cm³/mol. The van der Waals surface area contributed by atoms with Gasteiger partial charge in [0.15, 0.2) is 0 Å². The van der Waals surface area contributed by atoms with E-state index in [-0.39, 0.29) is 22.7 Å². The standard InChI is InChI=1S/C15H26O2/c1-13(2)9-10-5-7-14(3)11(16)6-8-15(4,17-13)12(10)14/h10-12,16H,5-9H2,1-4H3/t10-,11-,12-,14+,15-/m1/s1. The van der Waals surface area contributed by atoms with Gasteiger partial charge in [0.2, 0.25) is 0 Å². The molecular weight excluding hydrogens is 212 g/mol. The van der Waals surface area contributed by atoms with Crippen molar-refractivity contribution in [1.82, 2.24) is 0 Å². The summed E-state index contributed by atoms with van der Waals surface area (Å²) in [5, 5.41) is 10.4. The highest BCUT2D eigenvalue weighted by Gasteiger charge is 2.63. The van der Waals surface area contributed by atoms with Crippen molar-refractivity contribution in [3.63, 3.8) is 0 Å². The first-order chi connectivity index (χ1) is 7.77. The topological polar surface area (TPSA) is 29.5 Å². The van der Waals surface area contributed by atoms with Gasteiger partial charge in [-0.25, -0.2) is 0 Å². The van der Waals surface area contributed by atoms with E-state index < -0.39 is 0 Å². The molecule has 0 radical (unpaired) electrons. The Hall–Kier alpha value is -0.0800. The Balaban J connectivity index is 2.01. The van der Waals surface area contributed by atoms with Gasteiger partial charge in [0.05, 0.1) is 17.3 Å². The van der Waals surface area contributed by atoms with Crippen LogP contribution in [0.3, 0.4) is 0 Å². The zero-order valence-electron chi connectivity index (χ0n) is 11.6. The van der Waals surface area contributed by atoms with Crippen molar-refractivity contribution in [3.05, 3.63) is 0 Å². The molecular formula is C15H26O2. The zero-order chi connectivity index (χ0) is 12.5. The highest BCUT2D eigenvalue weighted by Crippen LogP contribution is 2.63. The Morgan fingerprint density at radius 1 is 1.06 bits per heavy atom. The van der Waals surface area contributed by atoms with E-state index in [4.69, 9.17) is 4.74 Å². The van der Waals surface area contributed by atoms with E-state index >= 15 is 0 Å². The summed E-state index contributed by atoms with van der Waals surface area (Å²) in [6.07, 6.45) is 5.44. The van der Waals surface area contributed by atoms with Gasteiger partial charge in [-0.2, -0.15) is 0 Å². The number of rotatable bonds is 0. The first-order valence-corrected chi connectivity index (χ1v) is 7.15. The Bertz CT molecular complexity index is 338. The minimum Gasteiger partial charge on any atom is -0.393 e. The fraction of sp³-hybridized carbons (Fsp3) is 1.00. The van der Waals surface area contributed by atoms with Crippen LogP contribution < -0.4 is 0 Å². The molecule has 17 heavy (non-hydrogen) atoms. The first-order valence-electron chi connectivity index (χ1n) is 7.15. The maximum atomic E-state index is 10.4. The normalized spacial score (nSPS) is 56.6. The van der Waals surface area contributed by atoms with Crippen molar-refractivity contribution in [3.8, 4) is 0 Å². The third kappa shape index (κ3) is 1.53. The van der Waals surface area contributed by atoms with Crippen LogP contribution >= 0.6 is 0 Å². The maximum Gasteiger partial charge on any atom is 0.0699 e. The van der Waals surface area contributed by atoms with E-state index in [9.17, 15) is 5.11 Å². The van der Waals surface area contributed by atoms with E-state index in [1.807, 2.05) is 0 Å². The summed E-state index contributed by atoms with van der Waals surface area (Å²) >= 11 is 0. The summed E-state index contributed by atoms with van der Waals surface area (Å²) < 4.78 is 6.45. The lowest BCUT2D eigenvalue weighted by Gasteiger charge is -2.58. The molecule has 2 heteroatoms. The zero-order valence-corrected chi connectivity index (χ0v) is 11.6. The van der Waals surface area contributed by atoms with Gasteiger partial charge in [0, 0.05) is 0 Å². The molecule has 1 N–H and O–H groups in total. The number of aliphatic hydroxyl groups excluding tert-OH is 1. The summed E-state index contributed by atoms with van der Waals surface area (Å²) in [6, 6.07) is 0. The van der Waals surface area contributed by atoms with Gasteiger partial charge < -0.3 is 9.84 Å². The molecule has 0 amide bonds. The number of hydrogen-bond donors (Lipinski definition) is 1. The molecule has 0 aromatic rings. The van der Waals surface area contributed by atoms with E-state index in [2.05, 4.69) is 27.7 Å². The Kier molecular flexibility index (Phi) is 2.30. The summed E-state index contributed by atoms with van der Waals surface area (Å²) in [7, 11) is 0. The van der Waals surface area contributed by atoms with Crippen molar-refractivity contribution in [2.24, 2.45) is 17.3 Å². The van der Waals surface area contributed by atoms with Gasteiger partial charge in [-0.15, -0.1) is 0 Å². The molecule has 0 unspecified atom stereocenters. The third-order valence-corrected chi connectivity index (χ3v) is 5.83. The Morgan fingerprint density at radius 3 is 2.47 bits per heavy atom. The van der Waals surface area contributed by atoms with Crippen molar-refractivity contribution in [2.45, 2.75) is 77.1 Å². The van der Waals surface area contributed by atoms with Gasteiger partial charge in [-0.05, 0) is 70.1 Å². The maximum absolute atomic E-state index is 10.4. The first kappa shape index (κ1) is 12.0. The van der Waals surface area contributed by atoms with Crippen LogP contribution in [0.1, 0.15) is 59.8 Å². The molecule has 5 atom stereocenters. The minimum atomic E-state index is -0.115. The lowest BCUT2D eigenvalue weighted by molar-refractivity contribution is -0.256. The fourth-order valence-corrected chi connectivity index (χ4v) is 5.47. The lowest BCUT2D eigenvalue weighted by atomic mass is 9.57. The van der Waals surface area contributed by atoms with E-state index in [1.165, 1.54) is 12.8 Å². The number of ether oxygens (including phenoxy) is 1. The van der Waals surface area contributed by atoms with E-state index in [0.29, 0.717) is 5.92 Å². The van der Waals surface area contributed by atoms with Crippen molar-refractivity contribution >= 4 is 0 Å². The molecule has 3 fully saturated rings. The molecule has 1 saturated heterocycles. The largest absolute Gasteiger partial charge is 0.393 e. The van der Waals surface area contributed by atoms with Gasteiger partial charge in [0.1, 0.15) is 0 Å².